The third-order valence-corrected chi connectivity index (χ3v) is 1.73. The highest BCUT2D eigenvalue weighted by molar-refractivity contribution is 5.73. The van der Waals surface area contributed by atoms with Crippen LogP contribution in [0.1, 0.15) is 6.92 Å². The largest absolute Gasteiger partial charge is 0.385 e. The molecule has 0 aromatic rings. The van der Waals surface area contributed by atoms with Gasteiger partial charge < -0.3 is 10.0 Å². The molecule has 64 valence electrons. The Morgan fingerprint density at radius 3 is 2.45 bits per heavy atom. The molecule has 1 amide bonds. The normalized spacial score (nSPS) is 29.1. The molecule has 11 heavy (non-hydrogen) atoms. The van der Waals surface area contributed by atoms with Gasteiger partial charge in [-0.3, -0.25) is 4.79 Å². The quantitative estimate of drug-likeness (QED) is 0.542. The van der Waals surface area contributed by atoms with Gasteiger partial charge in [-0.05, 0) is 0 Å². The molecule has 3 nitrogen and oxygen atoms in total. The van der Waals surface area contributed by atoms with E-state index in [-0.39, 0.29) is 6.54 Å². The molecule has 1 aliphatic heterocycles. The Labute approximate surface area is 62.6 Å². The number of aliphatic hydroxyl groups is 1. The van der Waals surface area contributed by atoms with Crippen LogP contribution in [0.2, 0.25) is 0 Å². The van der Waals surface area contributed by atoms with E-state index in [9.17, 15) is 13.6 Å². The molecule has 5 heteroatoms. The number of carbonyl (C=O) groups excluding carboxylic acids is 1. The van der Waals surface area contributed by atoms with Crippen LogP contribution in [-0.2, 0) is 4.79 Å². The SMILES string of the molecule is CC(=O)N1C[C@@H](O)C(F)(F)C1. The topological polar surface area (TPSA) is 40.5 Å². The van der Waals surface area contributed by atoms with E-state index >= 15 is 0 Å². The van der Waals surface area contributed by atoms with Crippen LogP contribution >= 0.6 is 0 Å². The summed E-state index contributed by atoms with van der Waals surface area (Å²) in [5.41, 5.74) is 0. The monoisotopic (exact) mass is 165 g/mol. The van der Waals surface area contributed by atoms with Gasteiger partial charge >= 0.3 is 0 Å². The lowest BCUT2D eigenvalue weighted by molar-refractivity contribution is -0.129. The van der Waals surface area contributed by atoms with E-state index in [1.807, 2.05) is 0 Å². The van der Waals surface area contributed by atoms with Crippen molar-refractivity contribution in [2.24, 2.45) is 0 Å². The first-order valence-electron chi connectivity index (χ1n) is 3.25. The standard InChI is InChI=1S/C6H9F2NO2/c1-4(10)9-2-5(11)6(7,8)3-9/h5,11H,2-3H2,1H3/t5-/m1/s1. The molecule has 0 aliphatic carbocycles. The van der Waals surface area contributed by atoms with Crippen molar-refractivity contribution in [1.82, 2.24) is 4.90 Å². The third kappa shape index (κ3) is 1.48. The van der Waals surface area contributed by atoms with E-state index in [2.05, 4.69) is 0 Å². The van der Waals surface area contributed by atoms with Gasteiger partial charge in [-0.2, -0.15) is 0 Å². The van der Waals surface area contributed by atoms with Crippen molar-refractivity contribution in [1.29, 1.82) is 0 Å². The van der Waals surface area contributed by atoms with Crippen molar-refractivity contribution in [2.45, 2.75) is 19.0 Å². The fraction of sp³-hybridized carbons (Fsp3) is 0.833. The molecule has 0 unspecified atom stereocenters. The molecule has 0 spiro atoms. The number of aliphatic hydroxyl groups excluding tert-OH is 1. The molecule has 1 atom stereocenters. The highest BCUT2D eigenvalue weighted by atomic mass is 19.3. The molecule has 1 aliphatic rings. The summed E-state index contributed by atoms with van der Waals surface area (Å²) in [5, 5.41) is 8.73. The number of hydrogen-bond acceptors (Lipinski definition) is 2. The molecule has 0 radical (unpaired) electrons. The van der Waals surface area contributed by atoms with E-state index in [0.717, 1.165) is 4.90 Å². The molecule has 1 heterocycles. The summed E-state index contributed by atoms with van der Waals surface area (Å²) in [6.45, 7) is 0.278. The number of nitrogens with zero attached hydrogens (tertiary/aromatic N) is 1. The first kappa shape index (κ1) is 8.39. The second-order valence-electron chi connectivity index (χ2n) is 2.68. The summed E-state index contributed by atoms with van der Waals surface area (Å²) in [7, 11) is 0. The van der Waals surface area contributed by atoms with Gasteiger partial charge in [-0.1, -0.05) is 0 Å². The third-order valence-electron chi connectivity index (χ3n) is 1.73. The van der Waals surface area contributed by atoms with Gasteiger partial charge in [0.15, 0.2) is 0 Å². The molecule has 1 rings (SSSR count). The average Bonchev–Trinajstić information content (AvgIpc) is 2.08. The molecular formula is C6H9F2NO2. The van der Waals surface area contributed by atoms with Crippen LogP contribution in [0.4, 0.5) is 8.78 Å². The number of carbonyl (C=O) groups is 1. The van der Waals surface area contributed by atoms with E-state index < -0.39 is 24.5 Å². The lowest BCUT2D eigenvalue weighted by Crippen LogP contribution is -2.31. The maximum Gasteiger partial charge on any atom is 0.292 e. The van der Waals surface area contributed by atoms with Gasteiger partial charge in [0.25, 0.3) is 5.92 Å². The Morgan fingerprint density at radius 2 is 2.27 bits per heavy atom. The predicted molar refractivity (Wildman–Crippen MR) is 33.2 cm³/mol. The lowest BCUT2D eigenvalue weighted by Gasteiger charge is -2.11. The minimum absolute atomic E-state index is 0.262. The summed E-state index contributed by atoms with van der Waals surface area (Å²) in [4.78, 5) is 11.5. The molecule has 0 saturated carbocycles. The molecule has 1 saturated heterocycles. The van der Waals surface area contributed by atoms with Gasteiger partial charge in [-0.25, -0.2) is 8.78 Å². The van der Waals surface area contributed by atoms with Crippen LogP contribution in [0, 0.1) is 0 Å². The van der Waals surface area contributed by atoms with Gasteiger partial charge in [0.1, 0.15) is 6.10 Å². The number of hydrogen-bond donors (Lipinski definition) is 1. The Morgan fingerprint density at radius 1 is 1.73 bits per heavy atom. The van der Waals surface area contributed by atoms with Crippen LogP contribution in [0.25, 0.3) is 0 Å². The predicted octanol–water partition coefficient (Wildman–Crippen LogP) is -0.155. The Kier molecular flexibility index (Phi) is 1.83. The summed E-state index contributed by atoms with van der Waals surface area (Å²) >= 11 is 0. The maximum atomic E-state index is 12.5. The maximum absolute atomic E-state index is 12.5. The van der Waals surface area contributed by atoms with Crippen molar-refractivity contribution < 1.29 is 18.7 Å². The molecule has 0 aromatic heterocycles. The van der Waals surface area contributed by atoms with E-state index in [0.29, 0.717) is 0 Å². The van der Waals surface area contributed by atoms with E-state index in [1.54, 1.807) is 0 Å². The Balaban J connectivity index is 2.64. The van der Waals surface area contributed by atoms with Crippen LogP contribution in [0.3, 0.4) is 0 Å². The Bertz CT molecular complexity index is 183. The first-order chi connectivity index (χ1) is 4.93. The number of β-amino-alcohol motifs (C(OH)–C–C–N with tert-alkyl or cyclic N) is 1. The van der Waals surface area contributed by atoms with Gasteiger partial charge in [0, 0.05) is 6.92 Å². The first-order valence-corrected chi connectivity index (χ1v) is 3.25. The van der Waals surface area contributed by atoms with Gasteiger partial charge in [0.2, 0.25) is 5.91 Å². The molecular weight excluding hydrogens is 156 g/mol. The molecule has 1 fully saturated rings. The summed E-state index contributed by atoms with van der Waals surface area (Å²) in [6, 6.07) is 0. The fourth-order valence-electron chi connectivity index (χ4n) is 1.01. The highest BCUT2D eigenvalue weighted by Gasteiger charge is 2.47. The second-order valence-corrected chi connectivity index (χ2v) is 2.68. The number of halogens is 2. The summed E-state index contributed by atoms with van der Waals surface area (Å²) in [6.07, 6.45) is -1.70. The molecule has 0 aromatic carbocycles. The average molecular weight is 165 g/mol. The lowest BCUT2D eigenvalue weighted by atomic mass is 10.2. The minimum Gasteiger partial charge on any atom is -0.385 e. The summed E-state index contributed by atoms with van der Waals surface area (Å²) in [5.74, 6) is -3.56. The highest BCUT2D eigenvalue weighted by Crippen LogP contribution is 2.27. The summed E-state index contributed by atoms with van der Waals surface area (Å²) < 4.78 is 25.0. The van der Waals surface area contributed by atoms with Crippen LogP contribution in [-0.4, -0.2) is 41.0 Å². The van der Waals surface area contributed by atoms with Crippen molar-refractivity contribution >= 4 is 5.91 Å². The van der Waals surface area contributed by atoms with Gasteiger partial charge in [0.05, 0.1) is 13.1 Å². The van der Waals surface area contributed by atoms with Crippen LogP contribution in [0.15, 0.2) is 0 Å². The zero-order valence-corrected chi connectivity index (χ0v) is 6.05. The van der Waals surface area contributed by atoms with Crippen LogP contribution < -0.4 is 0 Å². The smallest absolute Gasteiger partial charge is 0.292 e. The number of likely N-dealkylation sites (tertiary alicyclic amines) is 1. The number of amides is 1. The van der Waals surface area contributed by atoms with E-state index in [4.69, 9.17) is 5.11 Å². The number of rotatable bonds is 0. The Hall–Kier alpha value is -0.710. The fourth-order valence-corrected chi connectivity index (χ4v) is 1.01. The number of alkyl halides is 2. The molecule has 0 bridgehead atoms. The van der Waals surface area contributed by atoms with Gasteiger partial charge in [-0.15, -0.1) is 0 Å². The van der Waals surface area contributed by atoms with Crippen molar-refractivity contribution in [2.75, 3.05) is 13.1 Å². The van der Waals surface area contributed by atoms with Crippen LogP contribution in [0.5, 0.6) is 0 Å². The zero-order chi connectivity index (χ0) is 8.65. The van der Waals surface area contributed by atoms with Crippen molar-refractivity contribution in [3.05, 3.63) is 0 Å². The van der Waals surface area contributed by atoms with E-state index in [1.165, 1.54) is 6.92 Å². The second kappa shape index (κ2) is 2.41. The molecule has 1 N–H and O–H groups in total. The van der Waals surface area contributed by atoms with Crippen molar-refractivity contribution in [3.8, 4) is 0 Å². The minimum atomic E-state index is -3.13. The van der Waals surface area contributed by atoms with Crippen molar-refractivity contribution in [3.63, 3.8) is 0 Å². The zero-order valence-electron chi connectivity index (χ0n) is 6.05.